The van der Waals surface area contributed by atoms with E-state index in [1.54, 1.807) is 0 Å². The molecule has 53 heavy (non-hydrogen) atoms. The minimum atomic E-state index is -0.0528. The Morgan fingerprint density at radius 1 is 0.453 bits per heavy atom. The molecule has 248 valence electrons. The summed E-state index contributed by atoms with van der Waals surface area (Å²) in [5, 5.41) is 7.31. The molecule has 2 aliphatic rings. The van der Waals surface area contributed by atoms with Gasteiger partial charge in [0.15, 0.2) is 0 Å². The summed E-state index contributed by atoms with van der Waals surface area (Å²) in [7, 11) is 0. The van der Waals surface area contributed by atoms with Gasteiger partial charge in [0, 0.05) is 39.9 Å². The Hall–Kier alpha value is -6.78. The van der Waals surface area contributed by atoms with Crippen LogP contribution in [0.25, 0.3) is 32.3 Å². The first kappa shape index (κ1) is 29.9. The molecule has 0 spiro atoms. The summed E-state index contributed by atoms with van der Waals surface area (Å²) in [4.78, 5) is 4.82. The quantitative estimate of drug-likeness (QED) is 0.173. The minimum Gasteiger partial charge on any atom is -0.458 e. The molecule has 9 aromatic carbocycles. The van der Waals surface area contributed by atoms with Crippen molar-refractivity contribution >= 4 is 89.5 Å². The largest absolute Gasteiger partial charge is 0.458 e. The zero-order valence-corrected chi connectivity index (χ0v) is 29.2. The molecule has 0 radical (unpaired) electrons. The highest BCUT2D eigenvalue weighted by molar-refractivity contribution is 7.02. The van der Waals surface area contributed by atoms with E-state index >= 15 is 0 Å². The van der Waals surface area contributed by atoms with Gasteiger partial charge in [-0.25, -0.2) is 0 Å². The maximum absolute atomic E-state index is 7.20. The van der Waals surface area contributed by atoms with Crippen molar-refractivity contribution in [2.24, 2.45) is 0 Å². The number of anilines is 6. The van der Waals surface area contributed by atoms with Crippen LogP contribution in [0.5, 0.6) is 11.5 Å². The molecule has 0 saturated carbocycles. The average molecular weight is 677 g/mol. The molecule has 2 heterocycles. The molecule has 0 aliphatic carbocycles. The molecular weight excluding hydrogens is 643 g/mol. The number of aryl methyl sites for hydroxylation is 1. The van der Waals surface area contributed by atoms with Crippen molar-refractivity contribution in [1.29, 1.82) is 0 Å². The molecule has 0 bridgehead atoms. The molecule has 0 saturated heterocycles. The normalized spacial score (nSPS) is 12.7. The van der Waals surface area contributed by atoms with E-state index in [2.05, 4.69) is 199 Å². The van der Waals surface area contributed by atoms with Crippen LogP contribution in [0.1, 0.15) is 5.56 Å². The molecule has 9 aromatic rings. The first-order valence-electron chi connectivity index (χ1n) is 18.3. The van der Waals surface area contributed by atoms with Gasteiger partial charge < -0.3 is 14.5 Å². The number of benzene rings is 9. The maximum Gasteiger partial charge on any atom is 0.258 e. The molecule has 0 N–H and O–H groups in total. The molecule has 0 unspecified atom stereocenters. The van der Waals surface area contributed by atoms with Crippen LogP contribution in [0.15, 0.2) is 182 Å². The fourth-order valence-electron chi connectivity index (χ4n) is 8.87. The van der Waals surface area contributed by atoms with Crippen LogP contribution in [0.3, 0.4) is 0 Å². The van der Waals surface area contributed by atoms with Gasteiger partial charge in [0.05, 0.1) is 5.69 Å². The zero-order chi connectivity index (χ0) is 35.0. The molecule has 0 aromatic heterocycles. The Labute approximate surface area is 309 Å². The summed E-state index contributed by atoms with van der Waals surface area (Å²) < 4.78 is 7.20. The lowest BCUT2D eigenvalue weighted by atomic mass is 9.33. The number of rotatable bonds is 4. The first-order valence-corrected chi connectivity index (χ1v) is 18.3. The van der Waals surface area contributed by atoms with E-state index in [0.717, 1.165) is 45.5 Å². The van der Waals surface area contributed by atoms with E-state index in [1.807, 2.05) is 0 Å². The molecular formula is C49H33BN2O. The molecule has 0 amide bonds. The second kappa shape index (κ2) is 11.6. The van der Waals surface area contributed by atoms with Gasteiger partial charge in [-0.05, 0) is 110 Å². The van der Waals surface area contributed by atoms with E-state index < -0.39 is 0 Å². The Morgan fingerprint density at radius 3 is 1.81 bits per heavy atom. The predicted octanol–water partition coefficient (Wildman–Crippen LogP) is 11.3. The Bertz CT molecular complexity index is 2870. The van der Waals surface area contributed by atoms with Crippen molar-refractivity contribution in [2.45, 2.75) is 6.92 Å². The minimum absolute atomic E-state index is 0.0528. The number of para-hydroxylation sites is 2. The van der Waals surface area contributed by atoms with Crippen molar-refractivity contribution in [3.05, 3.63) is 188 Å². The maximum atomic E-state index is 7.20. The fraction of sp³-hybridized carbons (Fsp3) is 0.0204. The summed E-state index contributed by atoms with van der Waals surface area (Å²) in [5.74, 6) is 1.80. The zero-order valence-electron chi connectivity index (χ0n) is 29.2. The van der Waals surface area contributed by atoms with Crippen LogP contribution in [-0.4, -0.2) is 6.71 Å². The van der Waals surface area contributed by atoms with Crippen LogP contribution in [0.4, 0.5) is 34.1 Å². The molecule has 0 fully saturated rings. The third-order valence-corrected chi connectivity index (χ3v) is 11.1. The fourth-order valence-corrected chi connectivity index (χ4v) is 8.87. The van der Waals surface area contributed by atoms with E-state index in [0.29, 0.717) is 0 Å². The highest BCUT2D eigenvalue weighted by Gasteiger charge is 2.44. The third-order valence-electron chi connectivity index (χ3n) is 11.1. The second-order valence-electron chi connectivity index (χ2n) is 14.2. The van der Waals surface area contributed by atoms with E-state index in [4.69, 9.17) is 4.74 Å². The third kappa shape index (κ3) is 4.55. The van der Waals surface area contributed by atoms with E-state index in [1.165, 1.54) is 54.4 Å². The number of nitrogens with zero attached hydrogens (tertiary/aromatic N) is 2. The monoisotopic (exact) mass is 676 g/mol. The summed E-state index contributed by atoms with van der Waals surface area (Å²) in [6, 6.07) is 65.9. The second-order valence-corrected chi connectivity index (χ2v) is 14.2. The van der Waals surface area contributed by atoms with Gasteiger partial charge in [-0.3, -0.25) is 0 Å². The van der Waals surface area contributed by atoms with Gasteiger partial charge in [0.1, 0.15) is 11.5 Å². The first-order chi connectivity index (χ1) is 26.2. The Kier molecular flexibility index (Phi) is 6.56. The number of hydrogen-bond acceptors (Lipinski definition) is 3. The van der Waals surface area contributed by atoms with E-state index in [-0.39, 0.29) is 6.71 Å². The van der Waals surface area contributed by atoms with Gasteiger partial charge in [0.2, 0.25) is 0 Å². The van der Waals surface area contributed by atoms with Gasteiger partial charge >= 0.3 is 0 Å². The summed E-state index contributed by atoms with van der Waals surface area (Å²) in [6.07, 6.45) is 0. The topological polar surface area (TPSA) is 15.7 Å². The lowest BCUT2D eigenvalue weighted by Crippen LogP contribution is -2.60. The highest BCUT2D eigenvalue weighted by Crippen LogP contribution is 2.46. The Balaban J connectivity index is 1.23. The van der Waals surface area contributed by atoms with Crippen molar-refractivity contribution < 1.29 is 4.74 Å². The van der Waals surface area contributed by atoms with Crippen LogP contribution < -0.4 is 30.9 Å². The highest BCUT2D eigenvalue weighted by atomic mass is 16.5. The molecule has 2 aliphatic heterocycles. The van der Waals surface area contributed by atoms with Crippen LogP contribution in [0, 0.1) is 6.92 Å². The van der Waals surface area contributed by atoms with Crippen molar-refractivity contribution in [3.8, 4) is 11.5 Å². The van der Waals surface area contributed by atoms with Gasteiger partial charge in [0.25, 0.3) is 6.71 Å². The van der Waals surface area contributed by atoms with Crippen molar-refractivity contribution in [3.63, 3.8) is 0 Å². The molecule has 3 nitrogen and oxygen atoms in total. The van der Waals surface area contributed by atoms with Gasteiger partial charge in [-0.15, -0.1) is 0 Å². The smallest absolute Gasteiger partial charge is 0.258 e. The van der Waals surface area contributed by atoms with Crippen molar-refractivity contribution in [1.82, 2.24) is 0 Å². The number of fused-ring (bicyclic) bond motifs is 9. The van der Waals surface area contributed by atoms with Crippen LogP contribution >= 0.6 is 0 Å². The van der Waals surface area contributed by atoms with Gasteiger partial charge in [-0.1, -0.05) is 121 Å². The molecule has 4 heteroatoms. The van der Waals surface area contributed by atoms with Crippen LogP contribution in [0.2, 0.25) is 0 Å². The number of hydrogen-bond donors (Lipinski definition) is 0. The lowest BCUT2D eigenvalue weighted by molar-refractivity contribution is 0.488. The van der Waals surface area contributed by atoms with Crippen molar-refractivity contribution in [2.75, 3.05) is 9.80 Å². The summed E-state index contributed by atoms with van der Waals surface area (Å²) in [5.41, 5.74) is 11.7. The predicted molar refractivity (Wildman–Crippen MR) is 224 cm³/mol. The molecule has 11 rings (SSSR count). The lowest BCUT2D eigenvalue weighted by Gasteiger charge is -2.41. The van der Waals surface area contributed by atoms with E-state index in [9.17, 15) is 0 Å². The SMILES string of the molecule is Cc1cc2c3c(c1)N(c1ccc4ccccc4c1)c1ccc4ccccc4c1B3c1c(cc(N(c3ccccc3)c3ccccc3)c3ccccc13)O2. The average Bonchev–Trinajstić information content (AvgIpc) is 3.21. The summed E-state index contributed by atoms with van der Waals surface area (Å²) in [6.45, 7) is 2.13. The number of ether oxygens (including phenoxy) is 1. The van der Waals surface area contributed by atoms with Crippen LogP contribution in [-0.2, 0) is 0 Å². The standard InChI is InChI=1S/C49H33BN2O/c1-32-28-44-49-45(29-32)53-46-31-43(51(36-17-4-2-5-18-36)37-19-6-3-7-20-37)40-22-12-13-23-41(40)48(46)50(49)47-39-21-11-10-15-34(39)25-27-42(47)52(44)38-26-24-33-14-8-9-16-35(33)30-38/h2-31H,1H3. The Morgan fingerprint density at radius 2 is 1.06 bits per heavy atom. The summed E-state index contributed by atoms with van der Waals surface area (Å²) >= 11 is 0. The van der Waals surface area contributed by atoms with Gasteiger partial charge in [-0.2, -0.15) is 0 Å². The molecule has 0 atom stereocenters.